The average Bonchev–Trinajstić information content (AvgIpc) is 2.93. The summed E-state index contributed by atoms with van der Waals surface area (Å²) in [5.41, 5.74) is -1.15. The van der Waals surface area contributed by atoms with Crippen molar-refractivity contribution in [3.05, 3.63) is 5.21 Å². The van der Waals surface area contributed by atoms with E-state index in [0.717, 1.165) is 38.5 Å². The second-order valence-electron chi connectivity index (χ2n) is 8.44. The number of nitrogens with one attached hydrogen (secondary N) is 1. The summed E-state index contributed by atoms with van der Waals surface area (Å²) in [5.74, 6) is 0.694. The van der Waals surface area contributed by atoms with Crippen LogP contribution in [-0.2, 0) is 4.79 Å². The van der Waals surface area contributed by atoms with E-state index in [1.807, 2.05) is 0 Å². The predicted molar refractivity (Wildman–Crippen MR) is 81.9 cm³/mol. The molecule has 4 saturated carbocycles. The molecule has 1 heterocycles. The first-order valence-electron chi connectivity index (χ1n) is 8.88. The van der Waals surface area contributed by atoms with Crippen molar-refractivity contribution in [2.45, 2.75) is 68.5 Å². The topological polar surface area (TPSA) is 91.8 Å². The monoisotopic (exact) mass is 319 g/mol. The van der Waals surface area contributed by atoms with Crippen molar-refractivity contribution in [2.75, 3.05) is 13.1 Å². The normalized spacial score (nSPS) is 46.0. The summed E-state index contributed by atoms with van der Waals surface area (Å²) in [5, 5.41) is 32.8. The van der Waals surface area contributed by atoms with Gasteiger partial charge in [0, 0.05) is 25.8 Å². The number of nitrogens with zero attached hydrogens (tertiary/aromatic N) is 2. The minimum absolute atomic E-state index is 0.0126. The van der Waals surface area contributed by atoms with Gasteiger partial charge in [-0.3, -0.25) is 4.79 Å². The highest BCUT2D eigenvalue weighted by atomic mass is 16.5. The van der Waals surface area contributed by atoms with Gasteiger partial charge < -0.3 is 20.3 Å². The molecule has 0 aromatic heterocycles. The molecule has 6 nitrogen and oxygen atoms in total. The van der Waals surface area contributed by atoms with Crippen LogP contribution >= 0.6 is 0 Å². The van der Waals surface area contributed by atoms with Gasteiger partial charge in [-0.05, 0) is 43.9 Å². The van der Waals surface area contributed by atoms with E-state index in [0.29, 0.717) is 31.2 Å². The number of quaternary nitrogens is 1. The Morgan fingerprint density at radius 1 is 1.35 bits per heavy atom. The molecule has 5 fully saturated rings. The SMILES string of the molecule is N#C[C@@H]1CCCN1C(=O)C[NH+]([O-])C12C[C@@H]3C[C@@H](CC(O)(C3)C1)C2. The maximum absolute atomic E-state index is 13.0. The highest BCUT2D eigenvalue weighted by molar-refractivity contribution is 5.78. The van der Waals surface area contributed by atoms with E-state index in [9.17, 15) is 15.1 Å². The standard InChI is InChI=1S/C17H25N3O3/c18-9-14-2-1-3-19(14)15(21)10-20(23)16-5-12-4-13(6-16)8-17(22,7-12)11-16/h12-14,20,22H,1-8,10-11H2/t12-,13+,14-,16?,17?/m0/s1. The first-order valence-corrected chi connectivity index (χ1v) is 8.88. The lowest BCUT2D eigenvalue weighted by Gasteiger charge is -2.62. The Hall–Kier alpha value is -1.16. The quantitative estimate of drug-likeness (QED) is 0.715. The minimum atomic E-state index is -0.675. The summed E-state index contributed by atoms with van der Waals surface area (Å²) in [6.45, 7) is 0.500. The Morgan fingerprint density at radius 2 is 2.04 bits per heavy atom. The van der Waals surface area contributed by atoms with Gasteiger partial charge >= 0.3 is 0 Å². The van der Waals surface area contributed by atoms with Gasteiger partial charge in [0.05, 0.1) is 11.7 Å². The fourth-order valence-electron chi connectivity index (χ4n) is 6.17. The van der Waals surface area contributed by atoms with Gasteiger partial charge in [-0.2, -0.15) is 5.26 Å². The molecule has 1 aliphatic heterocycles. The third-order valence-corrected chi connectivity index (χ3v) is 6.66. The molecule has 2 N–H and O–H groups in total. The number of amides is 1. The summed E-state index contributed by atoms with van der Waals surface area (Å²) >= 11 is 0. The summed E-state index contributed by atoms with van der Waals surface area (Å²) in [6.07, 6.45) is 6.58. The third-order valence-electron chi connectivity index (χ3n) is 6.66. The van der Waals surface area contributed by atoms with Gasteiger partial charge in [0.25, 0.3) is 5.91 Å². The molecule has 5 aliphatic rings. The van der Waals surface area contributed by atoms with E-state index < -0.39 is 11.1 Å². The van der Waals surface area contributed by atoms with E-state index in [2.05, 4.69) is 6.07 Å². The van der Waals surface area contributed by atoms with Crippen molar-refractivity contribution in [3.8, 4) is 6.07 Å². The van der Waals surface area contributed by atoms with Crippen LogP contribution in [0.4, 0.5) is 0 Å². The van der Waals surface area contributed by atoms with E-state index in [4.69, 9.17) is 5.26 Å². The number of hydroxylamine groups is 2. The van der Waals surface area contributed by atoms with Crippen LogP contribution in [0.5, 0.6) is 0 Å². The van der Waals surface area contributed by atoms with Crippen LogP contribution < -0.4 is 5.06 Å². The maximum Gasteiger partial charge on any atom is 0.279 e. The van der Waals surface area contributed by atoms with Crippen molar-refractivity contribution in [3.63, 3.8) is 0 Å². The lowest BCUT2D eigenvalue weighted by molar-refractivity contribution is -0.906. The van der Waals surface area contributed by atoms with Gasteiger partial charge in [0.2, 0.25) is 0 Å². The molecule has 5 rings (SSSR count). The molecule has 23 heavy (non-hydrogen) atoms. The Labute approximate surface area is 136 Å². The molecule has 3 unspecified atom stereocenters. The van der Waals surface area contributed by atoms with Gasteiger partial charge in [0.1, 0.15) is 11.6 Å². The Morgan fingerprint density at radius 3 is 2.65 bits per heavy atom. The second kappa shape index (κ2) is 5.17. The number of carbonyl (C=O) groups excluding carboxylic acids is 1. The Kier molecular flexibility index (Phi) is 3.45. The summed E-state index contributed by atoms with van der Waals surface area (Å²) < 4.78 is 0. The van der Waals surface area contributed by atoms with Gasteiger partial charge in [-0.1, -0.05) is 0 Å². The molecule has 4 aliphatic carbocycles. The second-order valence-corrected chi connectivity index (χ2v) is 8.44. The van der Waals surface area contributed by atoms with Crippen LogP contribution in [0.2, 0.25) is 0 Å². The number of aliphatic hydroxyl groups is 1. The molecule has 0 spiro atoms. The molecule has 1 amide bonds. The zero-order valence-corrected chi connectivity index (χ0v) is 13.5. The summed E-state index contributed by atoms with van der Waals surface area (Å²) in [4.78, 5) is 14.1. The number of carbonyl (C=O) groups is 1. The largest absolute Gasteiger partial charge is 0.634 e. The Balaban J connectivity index is 1.48. The zero-order valence-electron chi connectivity index (χ0n) is 13.5. The number of hydrogen-bond acceptors (Lipinski definition) is 4. The molecule has 4 bridgehead atoms. The average molecular weight is 319 g/mol. The van der Waals surface area contributed by atoms with Crippen LogP contribution in [-0.4, -0.2) is 46.2 Å². The van der Waals surface area contributed by atoms with Crippen molar-refractivity contribution in [2.24, 2.45) is 11.8 Å². The molecule has 0 aromatic carbocycles. The van der Waals surface area contributed by atoms with Crippen LogP contribution in [0.1, 0.15) is 51.4 Å². The fourth-order valence-corrected chi connectivity index (χ4v) is 6.17. The maximum atomic E-state index is 13.0. The molecule has 126 valence electrons. The molecular formula is C17H25N3O3. The van der Waals surface area contributed by atoms with Gasteiger partial charge in [-0.15, -0.1) is 0 Å². The number of likely N-dealkylation sites (tertiary alicyclic amines) is 1. The number of hydrogen-bond donors (Lipinski definition) is 2. The van der Waals surface area contributed by atoms with Crippen LogP contribution in [0.15, 0.2) is 0 Å². The fraction of sp³-hybridized carbons (Fsp3) is 0.882. The predicted octanol–water partition coefficient (Wildman–Crippen LogP) is -0.0326. The van der Waals surface area contributed by atoms with Crippen molar-refractivity contribution in [1.29, 1.82) is 5.26 Å². The molecule has 0 aromatic rings. The lowest BCUT2D eigenvalue weighted by Crippen LogP contribution is -3.18. The highest BCUT2D eigenvalue weighted by Gasteiger charge is 2.60. The first-order chi connectivity index (χ1) is 10.9. The summed E-state index contributed by atoms with van der Waals surface area (Å²) in [6, 6.07) is 1.80. The highest BCUT2D eigenvalue weighted by Crippen LogP contribution is 2.56. The third kappa shape index (κ3) is 2.46. The molecule has 0 radical (unpaired) electrons. The van der Waals surface area contributed by atoms with Crippen molar-refractivity contribution >= 4 is 5.91 Å². The van der Waals surface area contributed by atoms with Gasteiger partial charge in [0.15, 0.2) is 6.54 Å². The van der Waals surface area contributed by atoms with E-state index in [-0.39, 0.29) is 23.6 Å². The van der Waals surface area contributed by atoms with Crippen molar-refractivity contribution < 1.29 is 15.0 Å². The molecular weight excluding hydrogens is 294 g/mol. The minimum Gasteiger partial charge on any atom is -0.634 e. The van der Waals surface area contributed by atoms with Crippen LogP contribution in [0.25, 0.3) is 0 Å². The summed E-state index contributed by atoms with van der Waals surface area (Å²) in [7, 11) is 0. The van der Waals surface area contributed by atoms with Crippen molar-refractivity contribution in [1.82, 2.24) is 4.90 Å². The molecule has 1 saturated heterocycles. The smallest absolute Gasteiger partial charge is 0.279 e. The Bertz CT molecular complexity index is 544. The van der Waals surface area contributed by atoms with Crippen LogP contribution in [0, 0.1) is 28.4 Å². The first kappa shape index (κ1) is 15.4. The van der Waals surface area contributed by atoms with Crippen LogP contribution in [0.3, 0.4) is 0 Å². The van der Waals surface area contributed by atoms with E-state index >= 15 is 0 Å². The van der Waals surface area contributed by atoms with Gasteiger partial charge in [-0.25, -0.2) is 0 Å². The van der Waals surface area contributed by atoms with E-state index in [1.165, 1.54) is 0 Å². The van der Waals surface area contributed by atoms with E-state index in [1.54, 1.807) is 4.90 Å². The lowest BCUT2D eigenvalue weighted by atomic mass is 9.51. The molecule has 6 heteroatoms. The number of nitriles is 1. The number of rotatable bonds is 3. The zero-order chi connectivity index (χ0) is 16.2. The molecule has 6 atom stereocenters.